The summed E-state index contributed by atoms with van der Waals surface area (Å²) in [5.41, 5.74) is 6.94. The van der Waals surface area contributed by atoms with Gasteiger partial charge in [0.1, 0.15) is 0 Å². The minimum Gasteiger partial charge on any atom is -0.0604 e. The summed E-state index contributed by atoms with van der Waals surface area (Å²) in [5.74, 6) is 3.92. The van der Waals surface area contributed by atoms with Gasteiger partial charge in [-0.15, -0.1) is 0 Å². The molecule has 0 aliphatic heterocycles. The first-order valence-electron chi connectivity index (χ1n) is 6.53. The van der Waals surface area contributed by atoms with Gasteiger partial charge < -0.3 is 0 Å². The first-order chi connectivity index (χ1) is 8.63. The molecule has 2 rings (SSSR count). The second kappa shape index (κ2) is 5.93. The molecule has 18 heavy (non-hydrogen) atoms. The molecule has 1 heteroatoms. The Bertz CT molecular complexity index is 537. The van der Waals surface area contributed by atoms with E-state index in [0.29, 0.717) is 0 Å². The average Bonchev–Trinajstić information content (AvgIpc) is 2.26. The minimum atomic E-state index is 0.775. The van der Waals surface area contributed by atoms with Gasteiger partial charge in [-0.3, -0.25) is 0 Å². The van der Waals surface area contributed by atoms with Gasteiger partial charge in [0.2, 0.25) is 0 Å². The number of aryl methyl sites for hydroxylation is 2. The third-order valence-electron chi connectivity index (χ3n) is 3.84. The Morgan fingerprint density at radius 2 is 1.94 bits per heavy atom. The van der Waals surface area contributed by atoms with Crippen LogP contribution in [-0.4, -0.2) is 0 Å². The van der Waals surface area contributed by atoms with Crippen molar-refractivity contribution in [2.24, 2.45) is 0 Å². The summed E-state index contributed by atoms with van der Waals surface area (Å²) in [7, 11) is 0. The number of allylic oxidation sites excluding steroid dienone is 1. The lowest BCUT2D eigenvalue weighted by molar-refractivity contribution is 0.417. The van der Waals surface area contributed by atoms with Crippen LogP contribution < -0.4 is 0 Å². The molecular formula is C17H19I. The van der Waals surface area contributed by atoms with Gasteiger partial charge in [0, 0.05) is 28.2 Å². The third kappa shape index (κ3) is 2.80. The van der Waals surface area contributed by atoms with Gasteiger partial charge in [-0.05, 0) is 71.8 Å². The molecule has 0 unspecified atom stereocenters. The van der Waals surface area contributed by atoms with Crippen LogP contribution in [0.15, 0.2) is 17.7 Å². The van der Waals surface area contributed by atoms with Crippen LogP contribution in [0.25, 0.3) is 6.08 Å². The van der Waals surface area contributed by atoms with E-state index in [4.69, 9.17) is 0 Å². The monoisotopic (exact) mass is 350 g/mol. The average molecular weight is 350 g/mol. The van der Waals surface area contributed by atoms with Crippen molar-refractivity contribution in [1.29, 1.82) is 0 Å². The molecule has 0 radical (unpaired) electrons. The van der Waals surface area contributed by atoms with Crippen molar-refractivity contribution in [1.82, 2.24) is 0 Å². The van der Waals surface area contributed by atoms with Gasteiger partial charge in [0.15, 0.2) is 0 Å². The summed E-state index contributed by atoms with van der Waals surface area (Å²) in [6, 6.07) is 4.49. The van der Waals surface area contributed by atoms with Crippen molar-refractivity contribution in [3.63, 3.8) is 0 Å². The highest BCUT2D eigenvalue weighted by Gasteiger charge is 2.23. The maximum absolute atomic E-state index is 3.14. The van der Waals surface area contributed by atoms with Crippen molar-refractivity contribution in [2.45, 2.75) is 46.0 Å². The Morgan fingerprint density at radius 1 is 1.28 bits per heavy atom. The molecule has 0 atom stereocenters. The quantitative estimate of drug-likeness (QED) is 0.497. The standard InChI is InChI=1S/C17H19I/c1-12(9-10-18)11-16-13(2)7-8-14(3)17(16)15-5-4-6-15/h7-8,11,15H,4-6H2,1-3H3/b12-11+. The molecule has 0 spiro atoms. The van der Waals surface area contributed by atoms with Gasteiger partial charge in [0.05, 0.1) is 0 Å². The van der Waals surface area contributed by atoms with Crippen LogP contribution in [0.3, 0.4) is 0 Å². The minimum absolute atomic E-state index is 0.775. The van der Waals surface area contributed by atoms with E-state index in [9.17, 15) is 0 Å². The highest BCUT2D eigenvalue weighted by molar-refractivity contribution is 14.1. The number of benzene rings is 1. The second-order valence-electron chi connectivity index (χ2n) is 5.20. The lowest BCUT2D eigenvalue weighted by Crippen LogP contribution is -2.12. The fourth-order valence-electron chi connectivity index (χ4n) is 2.61. The van der Waals surface area contributed by atoms with Gasteiger partial charge in [-0.2, -0.15) is 0 Å². The number of halogens is 1. The Hall–Kier alpha value is -0.750. The Kier molecular flexibility index (Phi) is 4.50. The van der Waals surface area contributed by atoms with Gasteiger partial charge in [0.25, 0.3) is 0 Å². The van der Waals surface area contributed by atoms with Crippen molar-refractivity contribution < 1.29 is 0 Å². The van der Waals surface area contributed by atoms with E-state index >= 15 is 0 Å². The van der Waals surface area contributed by atoms with E-state index in [1.807, 2.05) is 0 Å². The van der Waals surface area contributed by atoms with E-state index in [1.54, 1.807) is 5.56 Å². The summed E-state index contributed by atoms with van der Waals surface area (Å²) in [6.45, 7) is 6.54. The van der Waals surface area contributed by atoms with Crippen molar-refractivity contribution in [3.8, 4) is 9.85 Å². The van der Waals surface area contributed by atoms with Crippen LogP contribution in [0.5, 0.6) is 0 Å². The Morgan fingerprint density at radius 3 is 2.50 bits per heavy atom. The maximum atomic E-state index is 3.14. The largest absolute Gasteiger partial charge is 0.0604 e. The maximum Gasteiger partial charge on any atom is 0.0185 e. The molecule has 1 aromatic rings. The van der Waals surface area contributed by atoms with Crippen molar-refractivity contribution in [3.05, 3.63) is 40.0 Å². The normalized spacial score (nSPS) is 15.9. The SMILES string of the molecule is C/C(C#CI)=C\c1c(C)ccc(C)c1C1CCC1. The fraction of sp³-hybridized carbons (Fsp3) is 0.412. The number of rotatable bonds is 2. The van der Waals surface area contributed by atoms with E-state index < -0.39 is 0 Å². The molecule has 0 heterocycles. The lowest BCUT2D eigenvalue weighted by atomic mass is 9.75. The smallest absolute Gasteiger partial charge is 0.0185 e. The highest BCUT2D eigenvalue weighted by atomic mass is 127. The summed E-state index contributed by atoms with van der Waals surface area (Å²) < 4.78 is 2.95. The van der Waals surface area contributed by atoms with Crippen LogP contribution in [0.2, 0.25) is 0 Å². The molecule has 1 aliphatic rings. The molecule has 94 valence electrons. The third-order valence-corrected chi connectivity index (χ3v) is 4.11. The fourth-order valence-corrected chi connectivity index (χ4v) is 3.04. The van der Waals surface area contributed by atoms with Crippen LogP contribution >= 0.6 is 22.6 Å². The molecule has 0 N–H and O–H groups in total. The van der Waals surface area contributed by atoms with Gasteiger partial charge in [-0.25, -0.2) is 0 Å². The predicted molar refractivity (Wildman–Crippen MR) is 88.0 cm³/mol. The van der Waals surface area contributed by atoms with Crippen LogP contribution in [0.1, 0.15) is 54.4 Å². The molecule has 0 amide bonds. The summed E-state index contributed by atoms with van der Waals surface area (Å²) >= 11 is 2.10. The molecule has 1 aliphatic carbocycles. The number of hydrogen-bond acceptors (Lipinski definition) is 0. The zero-order valence-electron chi connectivity index (χ0n) is 11.3. The molecule has 0 nitrogen and oxygen atoms in total. The highest BCUT2D eigenvalue weighted by Crippen LogP contribution is 2.41. The second-order valence-corrected chi connectivity index (χ2v) is 5.74. The lowest BCUT2D eigenvalue weighted by Gasteiger charge is -2.30. The van der Waals surface area contributed by atoms with Gasteiger partial charge in [-0.1, -0.05) is 24.5 Å². The van der Waals surface area contributed by atoms with Crippen molar-refractivity contribution in [2.75, 3.05) is 0 Å². The first kappa shape index (κ1) is 13.7. The predicted octanol–water partition coefficient (Wildman–Crippen LogP) is 5.37. The Balaban J connectivity index is 2.52. The van der Waals surface area contributed by atoms with E-state index in [0.717, 1.165) is 11.5 Å². The van der Waals surface area contributed by atoms with E-state index in [-0.39, 0.29) is 0 Å². The molecule has 1 saturated carbocycles. The van der Waals surface area contributed by atoms with Crippen molar-refractivity contribution >= 4 is 28.7 Å². The van der Waals surface area contributed by atoms with E-state index in [2.05, 4.69) is 71.4 Å². The zero-order chi connectivity index (χ0) is 13.1. The summed E-state index contributed by atoms with van der Waals surface area (Å²) in [5, 5.41) is 0. The van der Waals surface area contributed by atoms with Crippen LogP contribution in [-0.2, 0) is 0 Å². The summed E-state index contributed by atoms with van der Waals surface area (Å²) in [4.78, 5) is 0. The van der Waals surface area contributed by atoms with E-state index in [1.165, 1.54) is 36.0 Å². The van der Waals surface area contributed by atoms with Crippen LogP contribution in [0, 0.1) is 23.7 Å². The zero-order valence-corrected chi connectivity index (χ0v) is 13.5. The summed E-state index contributed by atoms with van der Waals surface area (Å²) in [6.07, 6.45) is 6.35. The molecule has 0 saturated heterocycles. The molecule has 0 bridgehead atoms. The number of hydrogen-bond donors (Lipinski definition) is 0. The topological polar surface area (TPSA) is 0 Å². The molecule has 1 aromatic carbocycles. The molecular weight excluding hydrogens is 331 g/mol. The first-order valence-corrected chi connectivity index (χ1v) is 7.61. The molecule has 1 fully saturated rings. The van der Waals surface area contributed by atoms with Gasteiger partial charge >= 0.3 is 0 Å². The molecule has 0 aromatic heterocycles. The van der Waals surface area contributed by atoms with Crippen LogP contribution in [0.4, 0.5) is 0 Å². The Labute approximate surface area is 124 Å².